The molecular weight excluding hydrogens is 277 g/mol. The zero-order valence-electron chi connectivity index (χ0n) is 10.6. The van der Waals surface area contributed by atoms with Gasteiger partial charge in [0, 0.05) is 31.2 Å². The Bertz CT molecular complexity index is 442. The molecule has 0 aromatic heterocycles. The standard InChI is InChI=1S/C13H16ClF3N2/c1-9-2-3-10(8-11(9)14)12(13(15,16)17)19-6-4-18-5-7-19/h2-3,8,12,18H,4-7H2,1H3/t12-/m0/s1. The molecule has 0 bridgehead atoms. The van der Waals surface area contributed by atoms with Crippen LogP contribution in [0.5, 0.6) is 0 Å². The molecule has 1 aliphatic rings. The Kier molecular flexibility index (Phi) is 4.38. The van der Waals surface area contributed by atoms with E-state index in [-0.39, 0.29) is 5.56 Å². The first kappa shape index (κ1) is 14.6. The van der Waals surface area contributed by atoms with E-state index in [1.165, 1.54) is 17.0 Å². The van der Waals surface area contributed by atoms with E-state index in [1.54, 1.807) is 13.0 Å². The number of piperazine rings is 1. The first-order valence-electron chi connectivity index (χ1n) is 6.17. The van der Waals surface area contributed by atoms with Gasteiger partial charge in [-0.15, -0.1) is 0 Å². The van der Waals surface area contributed by atoms with Crippen molar-refractivity contribution in [1.82, 2.24) is 10.2 Å². The van der Waals surface area contributed by atoms with Crippen LogP contribution in [0.4, 0.5) is 13.2 Å². The van der Waals surface area contributed by atoms with Gasteiger partial charge in [0.05, 0.1) is 0 Å². The van der Waals surface area contributed by atoms with Crippen LogP contribution in [0, 0.1) is 6.92 Å². The van der Waals surface area contributed by atoms with Crippen LogP contribution in [0.2, 0.25) is 5.02 Å². The van der Waals surface area contributed by atoms with E-state index in [9.17, 15) is 13.2 Å². The molecule has 2 nitrogen and oxygen atoms in total. The van der Waals surface area contributed by atoms with Crippen molar-refractivity contribution in [1.29, 1.82) is 0 Å². The Labute approximate surface area is 115 Å². The van der Waals surface area contributed by atoms with Gasteiger partial charge < -0.3 is 5.32 Å². The molecule has 0 amide bonds. The highest BCUT2D eigenvalue weighted by molar-refractivity contribution is 6.31. The molecule has 1 aromatic carbocycles. The summed E-state index contributed by atoms with van der Waals surface area (Å²) in [6, 6.07) is 3.00. The van der Waals surface area contributed by atoms with Crippen LogP contribution in [-0.2, 0) is 0 Å². The third-order valence-electron chi connectivity index (χ3n) is 3.34. The van der Waals surface area contributed by atoms with Crippen molar-refractivity contribution in [2.24, 2.45) is 0 Å². The van der Waals surface area contributed by atoms with Crippen LogP contribution in [0.25, 0.3) is 0 Å². The molecule has 0 radical (unpaired) electrons. The zero-order valence-corrected chi connectivity index (χ0v) is 11.4. The van der Waals surface area contributed by atoms with E-state index >= 15 is 0 Å². The third-order valence-corrected chi connectivity index (χ3v) is 3.75. The molecule has 0 spiro atoms. The van der Waals surface area contributed by atoms with Gasteiger partial charge >= 0.3 is 6.18 Å². The van der Waals surface area contributed by atoms with Crippen molar-refractivity contribution >= 4 is 11.6 Å². The highest BCUT2D eigenvalue weighted by atomic mass is 35.5. The summed E-state index contributed by atoms with van der Waals surface area (Å²) >= 11 is 5.95. The maximum absolute atomic E-state index is 13.3. The van der Waals surface area contributed by atoms with Crippen LogP contribution >= 0.6 is 11.6 Å². The second-order valence-electron chi connectivity index (χ2n) is 4.74. The fourth-order valence-corrected chi connectivity index (χ4v) is 2.52. The average molecular weight is 293 g/mol. The lowest BCUT2D eigenvalue weighted by atomic mass is 10.0. The average Bonchev–Trinajstić information content (AvgIpc) is 2.34. The van der Waals surface area contributed by atoms with Crippen LogP contribution < -0.4 is 5.32 Å². The van der Waals surface area contributed by atoms with E-state index in [2.05, 4.69) is 5.32 Å². The predicted molar refractivity (Wildman–Crippen MR) is 69.4 cm³/mol. The summed E-state index contributed by atoms with van der Waals surface area (Å²) in [7, 11) is 0. The van der Waals surface area contributed by atoms with Gasteiger partial charge in [0.2, 0.25) is 0 Å². The van der Waals surface area contributed by atoms with Crippen molar-refractivity contribution < 1.29 is 13.2 Å². The van der Waals surface area contributed by atoms with Gasteiger partial charge in [-0.2, -0.15) is 13.2 Å². The highest BCUT2D eigenvalue weighted by Crippen LogP contribution is 2.38. The van der Waals surface area contributed by atoms with Gasteiger partial charge in [0.1, 0.15) is 6.04 Å². The molecule has 2 rings (SSSR count). The van der Waals surface area contributed by atoms with E-state index < -0.39 is 12.2 Å². The normalized spacial score (nSPS) is 19.4. The molecule has 19 heavy (non-hydrogen) atoms. The van der Waals surface area contributed by atoms with Crippen LogP contribution in [0.3, 0.4) is 0 Å². The van der Waals surface area contributed by atoms with Gasteiger partial charge in [-0.25, -0.2) is 0 Å². The number of nitrogens with zero attached hydrogens (tertiary/aromatic N) is 1. The molecule has 1 atom stereocenters. The lowest BCUT2D eigenvalue weighted by molar-refractivity contribution is -0.187. The maximum atomic E-state index is 13.3. The third kappa shape index (κ3) is 3.41. The molecule has 0 saturated carbocycles. The number of rotatable bonds is 2. The van der Waals surface area contributed by atoms with Crippen molar-refractivity contribution in [3.05, 3.63) is 34.3 Å². The summed E-state index contributed by atoms with van der Waals surface area (Å²) in [5, 5.41) is 3.43. The number of benzene rings is 1. The summed E-state index contributed by atoms with van der Waals surface area (Å²) in [4.78, 5) is 1.46. The van der Waals surface area contributed by atoms with Gasteiger partial charge in [0.25, 0.3) is 0 Å². The molecule has 1 fully saturated rings. The first-order chi connectivity index (χ1) is 8.89. The molecule has 0 unspecified atom stereocenters. The van der Waals surface area contributed by atoms with E-state index in [1.807, 2.05) is 0 Å². The molecule has 1 N–H and O–H groups in total. The second kappa shape index (κ2) is 5.69. The second-order valence-corrected chi connectivity index (χ2v) is 5.15. The van der Waals surface area contributed by atoms with Gasteiger partial charge in [0.15, 0.2) is 0 Å². The summed E-state index contributed by atoms with van der Waals surface area (Å²) < 4.78 is 40.0. The van der Waals surface area contributed by atoms with E-state index in [0.29, 0.717) is 31.2 Å². The summed E-state index contributed by atoms with van der Waals surface area (Å²) in [5.41, 5.74) is 0.997. The number of hydrogen-bond acceptors (Lipinski definition) is 2. The number of halogens is 4. The van der Waals surface area contributed by atoms with Crippen molar-refractivity contribution in [2.45, 2.75) is 19.1 Å². The molecule has 1 heterocycles. The fourth-order valence-electron chi connectivity index (χ4n) is 2.33. The Balaban J connectivity index is 2.33. The molecule has 106 valence electrons. The maximum Gasteiger partial charge on any atom is 0.408 e. The molecule has 6 heteroatoms. The molecule has 1 aliphatic heterocycles. The predicted octanol–water partition coefficient (Wildman–Crippen LogP) is 3.16. The number of alkyl halides is 3. The number of nitrogens with one attached hydrogen (secondary N) is 1. The molecule has 1 saturated heterocycles. The van der Waals surface area contributed by atoms with Gasteiger partial charge in [-0.1, -0.05) is 23.7 Å². The molecular formula is C13H16ClF3N2. The molecule has 1 aromatic rings. The summed E-state index contributed by atoms with van der Waals surface area (Å²) in [6.07, 6.45) is -4.30. The van der Waals surface area contributed by atoms with Gasteiger partial charge in [-0.3, -0.25) is 4.90 Å². The van der Waals surface area contributed by atoms with Crippen molar-refractivity contribution in [3.63, 3.8) is 0 Å². The van der Waals surface area contributed by atoms with Crippen LogP contribution in [-0.4, -0.2) is 37.3 Å². The van der Waals surface area contributed by atoms with Crippen LogP contribution in [0.15, 0.2) is 18.2 Å². The quantitative estimate of drug-likeness (QED) is 0.901. The van der Waals surface area contributed by atoms with E-state index in [4.69, 9.17) is 11.6 Å². The summed E-state index contributed by atoms with van der Waals surface area (Å²) in [6.45, 7) is 3.70. The Morgan fingerprint density at radius 3 is 2.42 bits per heavy atom. The zero-order chi connectivity index (χ0) is 14.0. The Morgan fingerprint density at radius 1 is 1.26 bits per heavy atom. The lowest BCUT2D eigenvalue weighted by Crippen LogP contribution is -2.49. The Morgan fingerprint density at radius 2 is 1.89 bits per heavy atom. The van der Waals surface area contributed by atoms with E-state index in [0.717, 1.165) is 5.56 Å². The lowest BCUT2D eigenvalue weighted by Gasteiger charge is -2.36. The van der Waals surface area contributed by atoms with Crippen molar-refractivity contribution in [3.8, 4) is 0 Å². The monoisotopic (exact) mass is 292 g/mol. The summed E-state index contributed by atoms with van der Waals surface area (Å²) in [5.74, 6) is 0. The molecule has 0 aliphatic carbocycles. The smallest absolute Gasteiger partial charge is 0.314 e. The van der Waals surface area contributed by atoms with Crippen LogP contribution in [0.1, 0.15) is 17.2 Å². The largest absolute Gasteiger partial charge is 0.408 e. The minimum Gasteiger partial charge on any atom is -0.314 e. The number of hydrogen-bond donors (Lipinski definition) is 1. The number of aryl methyl sites for hydroxylation is 1. The SMILES string of the molecule is Cc1ccc([C@H](N2CCNCC2)C(F)(F)F)cc1Cl. The minimum atomic E-state index is -4.30. The first-order valence-corrected chi connectivity index (χ1v) is 6.55. The van der Waals surface area contributed by atoms with Gasteiger partial charge in [-0.05, 0) is 24.1 Å². The minimum absolute atomic E-state index is 0.213. The fraction of sp³-hybridized carbons (Fsp3) is 0.538. The van der Waals surface area contributed by atoms with Crippen molar-refractivity contribution in [2.75, 3.05) is 26.2 Å². The Hall–Kier alpha value is -0.780. The topological polar surface area (TPSA) is 15.3 Å². The highest BCUT2D eigenvalue weighted by Gasteiger charge is 2.44.